The maximum atomic E-state index is 11.6. The molecule has 1 fully saturated rings. The Balaban J connectivity index is 1.42. The maximum Gasteiger partial charge on any atom is 0.188 e. The average Bonchev–Trinajstić information content (AvgIpc) is 3.31. The molecule has 4 rings (SSSR count). The van der Waals surface area contributed by atoms with E-state index in [0.717, 1.165) is 37.5 Å². The van der Waals surface area contributed by atoms with Crippen LogP contribution in [-0.2, 0) is 13.1 Å². The number of hydrogen-bond acceptors (Lipinski definition) is 5. The van der Waals surface area contributed by atoms with Gasteiger partial charge in [0.05, 0.1) is 6.26 Å². The topological polar surface area (TPSA) is 56.9 Å². The fraction of sp³-hybridized carbons (Fsp3) is 0.346. The molecule has 0 amide bonds. The molecule has 1 saturated heterocycles. The third-order valence-corrected chi connectivity index (χ3v) is 6.16. The average molecular weight is 419 g/mol. The van der Waals surface area contributed by atoms with E-state index in [4.69, 9.17) is 9.52 Å². The van der Waals surface area contributed by atoms with Gasteiger partial charge >= 0.3 is 0 Å². The van der Waals surface area contributed by atoms with Crippen LogP contribution in [0, 0.1) is 0 Å². The first-order valence-electron chi connectivity index (χ1n) is 10.9. The molecule has 0 spiro atoms. The third-order valence-electron chi connectivity index (χ3n) is 6.16. The molecular formula is C26H30N2O3. The van der Waals surface area contributed by atoms with Crippen molar-refractivity contribution < 1.29 is 14.3 Å². The SMILES string of the molecule is C[C@@H]1CN(Cc2ccc(C(=O)CO)cc2)C[C@H](C)N1Cc1ccccc1-c1ccco1. The maximum absolute atomic E-state index is 11.6. The summed E-state index contributed by atoms with van der Waals surface area (Å²) in [6.07, 6.45) is 1.72. The summed E-state index contributed by atoms with van der Waals surface area (Å²) >= 11 is 0. The molecule has 0 saturated carbocycles. The Bertz CT molecular complexity index is 986. The number of aliphatic hydroxyl groups excluding tert-OH is 1. The lowest BCUT2D eigenvalue weighted by molar-refractivity contribution is 0.0291. The molecule has 2 aromatic carbocycles. The number of aliphatic hydroxyl groups is 1. The number of rotatable bonds is 7. The lowest BCUT2D eigenvalue weighted by Crippen LogP contribution is -2.55. The summed E-state index contributed by atoms with van der Waals surface area (Å²) in [5.41, 5.74) is 4.19. The summed E-state index contributed by atoms with van der Waals surface area (Å²) in [5.74, 6) is 0.676. The fourth-order valence-corrected chi connectivity index (χ4v) is 4.58. The van der Waals surface area contributed by atoms with E-state index < -0.39 is 6.61 Å². The number of benzene rings is 2. The Morgan fingerprint density at radius 2 is 1.68 bits per heavy atom. The van der Waals surface area contributed by atoms with Crippen molar-refractivity contribution in [2.75, 3.05) is 19.7 Å². The van der Waals surface area contributed by atoms with Crippen LogP contribution in [0.3, 0.4) is 0 Å². The van der Waals surface area contributed by atoms with Gasteiger partial charge in [0.15, 0.2) is 5.78 Å². The van der Waals surface area contributed by atoms with Gasteiger partial charge in [0, 0.05) is 49.4 Å². The molecule has 0 aliphatic carbocycles. The Hall–Kier alpha value is -2.73. The molecule has 0 radical (unpaired) electrons. The molecule has 1 N–H and O–H groups in total. The van der Waals surface area contributed by atoms with Crippen LogP contribution in [0.25, 0.3) is 11.3 Å². The van der Waals surface area contributed by atoms with Crippen LogP contribution in [0.1, 0.15) is 35.3 Å². The monoisotopic (exact) mass is 418 g/mol. The number of Topliss-reactive ketones (excluding diaryl/α,β-unsaturated/α-hetero) is 1. The number of nitrogens with zero attached hydrogens (tertiary/aromatic N) is 2. The van der Waals surface area contributed by atoms with Gasteiger partial charge in [-0.2, -0.15) is 0 Å². The summed E-state index contributed by atoms with van der Waals surface area (Å²) in [6, 6.07) is 20.9. The summed E-state index contributed by atoms with van der Waals surface area (Å²) in [7, 11) is 0. The van der Waals surface area contributed by atoms with Gasteiger partial charge in [-0.3, -0.25) is 14.6 Å². The van der Waals surface area contributed by atoms with E-state index in [1.807, 2.05) is 36.4 Å². The van der Waals surface area contributed by atoms with E-state index in [9.17, 15) is 4.79 Å². The van der Waals surface area contributed by atoms with Gasteiger partial charge in [-0.05, 0) is 37.1 Å². The highest BCUT2D eigenvalue weighted by atomic mass is 16.3. The molecular weight excluding hydrogens is 388 g/mol. The molecule has 162 valence electrons. The van der Waals surface area contributed by atoms with Crippen LogP contribution in [0.2, 0.25) is 0 Å². The fourth-order valence-electron chi connectivity index (χ4n) is 4.58. The van der Waals surface area contributed by atoms with Crippen molar-refractivity contribution in [3.05, 3.63) is 83.6 Å². The van der Waals surface area contributed by atoms with Crippen molar-refractivity contribution in [2.24, 2.45) is 0 Å². The highest BCUT2D eigenvalue weighted by Crippen LogP contribution is 2.28. The quantitative estimate of drug-likeness (QED) is 0.583. The number of hydrogen-bond donors (Lipinski definition) is 1. The van der Waals surface area contributed by atoms with E-state index in [1.54, 1.807) is 6.26 Å². The van der Waals surface area contributed by atoms with E-state index >= 15 is 0 Å². The minimum atomic E-state index is -0.445. The van der Waals surface area contributed by atoms with Crippen LogP contribution in [-0.4, -0.2) is 52.5 Å². The number of carbonyl (C=O) groups excluding carboxylic acids is 1. The van der Waals surface area contributed by atoms with Crippen molar-refractivity contribution >= 4 is 5.78 Å². The first-order chi connectivity index (χ1) is 15.0. The van der Waals surface area contributed by atoms with Crippen LogP contribution in [0.5, 0.6) is 0 Å². The molecule has 1 aliphatic rings. The second-order valence-electron chi connectivity index (χ2n) is 8.48. The van der Waals surface area contributed by atoms with Gasteiger partial charge in [-0.25, -0.2) is 0 Å². The largest absolute Gasteiger partial charge is 0.464 e. The summed E-state index contributed by atoms with van der Waals surface area (Å²) in [6.45, 7) is 7.88. The van der Waals surface area contributed by atoms with Crippen molar-refractivity contribution in [1.29, 1.82) is 0 Å². The molecule has 0 bridgehead atoms. The molecule has 1 aromatic heterocycles. The Morgan fingerprint density at radius 1 is 0.968 bits per heavy atom. The second kappa shape index (κ2) is 9.60. The van der Waals surface area contributed by atoms with Gasteiger partial charge in [0.2, 0.25) is 0 Å². The Morgan fingerprint density at radius 3 is 2.32 bits per heavy atom. The van der Waals surface area contributed by atoms with E-state index in [0.29, 0.717) is 17.6 Å². The predicted octanol–water partition coefficient (Wildman–Crippen LogP) is 4.22. The molecule has 1 aliphatic heterocycles. The molecule has 5 nitrogen and oxygen atoms in total. The summed E-state index contributed by atoms with van der Waals surface area (Å²) in [5, 5.41) is 9.01. The van der Waals surface area contributed by atoms with Crippen molar-refractivity contribution in [3.8, 4) is 11.3 Å². The van der Waals surface area contributed by atoms with Gasteiger partial charge < -0.3 is 9.52 Å². The van der Waals surface area contributed by atoms with Gasteiger partial charge in [-0.15, -0.1) is 0 Å². The number of ketones is 1. The third kappa shape index (κ3) is 4.96. The van der Waals surface area contributed by atoms with Crippen molar-refractivity contribution in [1.82, 2.24) is 9.80 Å². The first-order valence-corrected chi connectivity index (χ1v) is 10.9. The molecule has 2 atom stereocenters. The summed E-state index contributed by atoms with van der Waals surface area (Å²) < 4.78 is 5.66. The van der Waals surface area contributed by atoms with Crippen LogP contribution in [0.4, 0.5) is 0 Å². The smallest absolute Gasteiger partial charge is 0.188 e. The highest BCUT2D eigenvalue weighted by molar-refractivity contribution is 5.96. The van der Waals surface area contributed by atoms with Crippen LogP contribution < -0.4 is 0 Å². The lowest BCUT2D eigenvalue weighted by atomic mass is 10.0. The normalized spacial score (nSPS) is 20.1. The van der Waals surface area contributed by atoms with Gasteiger partial charge in [0.25, 0.3) is 0 Å². The van der Waals surface area contributed by atoms with Crippen molar-refractivity contribution in [2.45, 2.75) is 39.0 Å². The molecule has 5 heteroatoms. The first kappa shape index (κ1) is 21.5. The molecule has 3 aromatic rings. The number of furan rings is 1. The number of carbonyl (C=O) groups is 1. The minimum Gasteiger partial charge on any atom is -0.464 e. The highest BCUT2D eigenvalue weighted by Gasteiger charge is 2.30. The van der Waals surface area contributed by atoms with Crippen molar-refractivity contribution in [3.63, 3.8) is 0 Å². The molecule has 0 unspecified atom stereocenters. The minimum absolute atomic E-state index is 0.239. The summed E-state index contributed by atoms with van der Waals surface area (Å²) in [4.78, 5) is 16.7. The van der Waals surface area contributed by atoms with E-state index in [2.05, 4.69) is 47.9 Å². The zero-order chi connectivity index (χ0) is 21.8. The second-order valence-corrected chi connectivity index (χ2v) is 8.48. The Labute approximate surface area is 183 Å². The molecule has 31 heavy (non-hydrogen) atoms. The Kier molecular flexibility index (Phi) is 6.66. The standard InChI is InChI=1S/C26H30N2O3/c1-19-14-27(16-21-9-11-22(12-10-21)25(30)18-29)15-20(2)28(19)17-23-6-3-4-7-24(23)26-8-5-13-31-26/h3-13,19-20,29H,14-18H2,1-2H3/t19-,20+. The van der Waals surface area contributed by atoms with E-state index in [-0.39, 0.29) is 5.78 Å². The zero-order valence-corrected chi connectivity index (χ0v) is 18.2. The van der Waals surface area contributed by atoms with E-state index in [1.165, 1.54) is 11.1 Å². The lowest BCUT2D eigenvalue weighted by Gasteiger charge is -2.44. The predicted molar refractivity (Wildman–Crippen MR) is 122 cm³/mol. The van der Waals surface area contributed by atoms with Crippen LogP contribution in [0.15, 0.2) is 71.3 Å². The zero-order valence-electron chi connectivity index (χ0n) is 18.2. The van der Waals surface area contributed by atoms with Crippen LogP contribution >= 0.6 is 0 Å². The van der Waals surface area contributed by atoms with Gasteiger partial charge in [-0.1, -0.05) is 48.5 Å². The van der Waals surface area contributed by atoms with Gasteiger partial charge in [0.1, 0.15) is 12.4 Å². The number of piperazine rings is 1. The molecule has 2 heterocycles.